The second-order valence-corrected chi connectivity index (χ2v) is 9.04. The molecule has 0 unspecified atom stereocenters. The Balaban J connectivity index is 1.63. The van der Waals surface area contributed by atoms with Crippen LogP contribution in [0.2, 0.25) is 0 Å². The molecule has 0 fully saturated rings. The smallest absolute Gasteiger partial charge is 0.241 e. The molecule has 1 amide bonds. The van der Waals surface area contributed by atoms with Crippen LogP contribution in [-0.2, 0) is 27.7 Å². The monoisotopic (exact) mass is 384 g/mol. The van der Waals surface area contributed by atoms with Gasteiger partial charge in [-0.05, 0) is 67.0 Å². The molecule has 2 aliphatic rings. The zero-order valence-electron chi connectivity index (χ0n) is 15.4. The topological polar surface area (TPSA) is 66.5 Å². The largest absolute Gasteiger partial charge is 0.312 e. The molecule has 0 bridgehead atoms. The molecule has 0 saturated carbocycles. The van der Waals surface area contributed by atoms with Crippen LogP contribution in [0.3, 0.4) is 0 Å². The Hall–Kier alpha value is -2.18. The number of fused-ring (bicyclic) bond motifs is 2. The molecule has 1 atom stereocenters. The molecule has 0 saturated heterocycles. The van der Waals surface area contributed by atoms with Gasteiger partial charge in [-0.1, -0.05) is 24.3 Å². The molecular formula is C21H24N2O3S. The number of sulfonamides is 1. The molecule has 6 heteroatoms. The minimum atomic E-state index is -3.63. The van der Waals surface area contributed by atoms with Crippen molar-refractivity contribution in [3.8, 4) is 0 Å². The first-order valence-corrected chi connectivity index (χ1v) is 11.0. The summed E-state index contributed by atoms with van der Waals surface area (Å²) in [7, 11) is -3.63. The standard InChI is InChI=1S/C21H24N2O3S/c1-15(24)23-13-5-8-17-14-18(11-12-21(17)23)27(25,26)22-20-10-4-7-16-6-2-3-9-19(16)20/h2-3,6,9,11-12,14,20,22H,4-5,7-8,10,13H2,1H3/t20-/m1/s1. The van der Waals surface area contributed by atoms with Gasteiger partial charge >= 0.3 is 0 Å². The van der Waals surface area contributed by atoms with Crippen molar-refractivity contribution in [3.05, 3.63) is 59.2 Å². The number of amides is 1. The van der Waals surface area contributed by atoms with Crippen molar-refractivity contribution in [1.82, 2.24) is 4.72 Å². The van der Waals surface area contributed by atoms with E-state index in [-0.39, 0.29) is 16.8 Å². The molecule has 1 aliphatic heterocycles. The highest BCUT2D eigenvalue weighted by Crippen LogP contribution is 2.33. The lowest BCUT2D eigenvalue weighted by atomic mass is 9.88. The molecule has 0 aromatic heterocycles. The third-order valence-electron chi connectivity index (χ3n) is 5.53. The van der Waals surface area contributed by atoms with Gasteiger partial charge in [-0.2, -0.15) is 0 Å². The maximum Gasteiger partial charge on any atom is 0.241 e. The Kier molecular flexibility index (Phi) is 4.78. The third-order valence-corrected chi connectivity index (χ3v) is 7.00. The highest BCUT2D eigenvalue weighted by Gasteiger charge is 2.27. The van der Waals surface area contributed by atoms with Crippen molar-refractivity contribution in [1.29, 1.82) is 0 Å². The number of hydrogen-bond acceptors (Lipinski definition) is 3. The fourth-order valence-corrected chi connectivity index (χ4v) is 5.50. The van der Waals surface area contributed by atoms with E-state index in [0.717, 1.165) is 48.9 Å². The van der Waals surface area contributed by atoms with Gasteiger partial charge in [0.05, 0.1) is 4.90 Å². The molecule has 0 radical (unpaired) electrons. The van der Waals surface area contributed by atoms with Crippen LogP contribution < -0.4 is 9.62 Å². The molecule has 1 heterocycles. The molecule has 27 heavy (non-hydrogen) atoms. The van der Waals surface area contributed by atoms with Crippen LogP contribution in [0.25, 0.3) is 0 Å². The van der Waals surface area contributed by atoms with E-state index in [1.807, 2.05) is 18.2 Å². The minimum Gasteiger partial charge on any atom is -0.312 e. The summed E-state index contributed by atoms with van der Waals surface area (Å²) in [5, 5.41) is 0. The van der Waals surface area contributed by atoms with Gasteiger partial charge in [0.15, 0.2) is 0 Å². The van der Waals surface area contributed by atoms with Crippen LogP contribution >= 0.6 is 0 Å². The Morgan fingerprint density at radius 2 is 1.85 bits per heavy atom. The van der Waals surface area contributed by atoms with Crippen molar-refractivity contribution < 1.29 is 13.2 Å². The zero-order chi connectivity index (χ0) is 19.0. The Morgan fingerprint density at radius 1 is 1.07 bits per heavy atom. The summed E-state index contributed by atoms with van der Waals surface area (Å²) in [6.45, 7) is 2.23. The highest BCUT2D eigenvalue weighted by molar-refractivity contribution is 7.89. The van der Waals surface area contributed by atoms with E-state index in [1.54, 1.807) is 30.0 Å². The van der Waals surface area contributed by atoms with Gasteiger partial charge in [-0.3, -0.25) is 4.79 Å². The summed E-state index contributed by atoms with van der Waals surface area (Å²) in [4.78, 5) is 13.8. The molecule has 0 spiro atoms. The van der Waals surface area contributed by atoms with E-state index in [4.69, 9.17) is 0 Å². The molecular weight excluding hydrogens is 360 g/mol. The number of anilines is 1. The molecule has 2 aromatic carbocycles. The van der Waals surface area contributed by atoms with Crippen molar-refractivity contribution in [2.24, 2.45) is 0 Å². The van der Waals surface area contributed by atoms with Gasteiger partial charge in [0.1, 0.15) is 0 Å². The van der Waals surface area contributed by atoms with Crippen molar-refractivity contribution in [2.75, 3.05) is 11.4 Å². The van der Waals surface area contributed by atoms with Crippen molar-refractivity contribution >= 4 is 21.6 Å². The number of hydrogen-bond donors (Lipinski definition) is 1. The SMILES string of the molecule is CC(=O)N1CCCc2cc(S(=O)(=O)N[C@@H]3CCCc4ccccc43)ccc21. The Bertz CT molecular complexity index is 985. The lowest BCUT2D eigenvalue weighted by molar-refractivity contribution is -0.116. The van der Waals surface area contributed by atoms with E-state index in [1.165, 1.54) is 5.56 Å². The summed E-state index contributed by atoms with van der Waals surface area (Å²) in [5.41, 5.74) is 4.05. The number of benzene rings is 2. The quantitative estimate of drug-likeness (QED) is 0.883. The van der Waals surface area contributed by atoms with E-state index in [2.05, 4.69) is 10.8 Å². The van der Waals surface area contributed by atoms with E-state index < -0.39 is 10.0 Å². The van der Waals surface area contributed by atoms with E-state index in [9.17, 15) is 13.2 Å². The Morgan fingerprint density at radius 3 is 2.67 bits per heavy atom. The average molecular weight is 385 g/mol. The molecule has 1 N–H and O–H groups in total. The number of nitrogens with one attached hydrogen (secondary N) is 1. The number of aryl methyl sites for hydroxylation is 2. The van der Waals surface area contributed by atoms with Crippen molar-refractivity contribution in [3.63, 3.8) is 0 Å². The van der Waals surface area contributed by atoms with Gasteiger partial charge in [-0.25, -0.2) is 13.1 Å². The van der Waals surface area contributed by atoms with Crippen LogP contribution in [0.4, 0.5) is 5.69 Å². The van der Waals surface area contributed by atoms with Crippen LogP contribution in [-0.4, -0.2) is 20.9 Å². The fourth-order valence-electron chi connectivity index (χ4n) is 4.20. The summed E-state index contributed by atoms with van der Waals surface area (Å²) >= 11 is 0. The second-order valence-electron chi connectivity index (χ2n) is 7.33. The first-order chi connectivity index (χ1) is 13.0. The first-order valence-electron chi connectivity index (χ1n) is 9.47. The number of nitrogens with zero attached hydrogens (tertiary/aromatic N) is 1. The van der Waals surface area contributed by atoms with Crippen LogP contribution in [0.15, 0.2) is 47.4 Å². The van der Waals surface area contributed by atoms with Crippen LogP contribution in [0.1, 0.15) is 48.9 Å². The second kappa shape index (κ2) is 7.09. The maximum atomic E-state index is 13.0. The predicted octanol–water partition coefficient (Wildman–Crippen LogP) is 3.34. The number of rotatable bonds is 3. The lowest BCUT2D eigenvalue weighted by Gasteiger charge is -2.29. The maximum absolute atomic E-state index is 13.0. The summed E-state index contributed by atoms with van der Waals surface area (Å²) < 4.78 is 28.9. The predicted molar refractivity (Wildman–Crippen MR) is 105 cm³/mol. The number of carbonyl (C=O) groups is 1. The molecule has 2 aromatic rings. The van der Waals surface area contributed by atoms with E-state index in [0.29, 0.717) is 6.54 Å². The normalized spacial score (nSPS) is 19.3. The highest BCUT2D eigenvalue weighted by atomic mass is 32.2. The average Bonchev–Trinajstić information content (AvgIpc) is 2.67. The van der Waals surface area contributed by atoms with Gasteiger partial charge in [0, 0.05) is 25.2 Å². The van der Waals surface area contributed by atoms with Gasteiger partial charge in [-0.15, -0.1) is 0 Å². The Labute approximate surface area is 160 Å². The van der Waals surface area contributed by atoms with Crippen molar-refractivity contribution in [2.45, 2.75) is 50.0 Å². The zero-order valence-corrected chi connectivity index (χ0v) is 16.3. The van der Waals surface area contributed by atoms with Gasteiger partial charge in [0.2, 0.25) is 15.9 Å². The van der Waals surface area contributed by atoms with Crippen LogP contribution in [0, 0.1) is 0 Å². The third kappa shape index (κ3) is 3.51. The molecule has 142 valence electrons. The fraction of sp³-hybridized carbons (Fsp3) is 0.381. The molecule has 5 nitrogen and oxygen atoms in total. The van der Waals surface area contributed by atoms with Gasteiger partial charge in [0.25, 0.3) is 0 Å². The first kappa shape index (κ1) is 18.2. The van der Waals surface area contributed by atoms with Crippen LogP contribution in [0.5, 0.6) is 0 Å². The molecule has 1 aliphatic carbocycles. The summed E-state index contributed by atoms with van der Waals surface area (Å²) in [6, 6.07) is 13.0. The molecule has 4 rings (SSSR count). The lowest BCUT2D eigenvalue weighted by Crippen LogP contribution is -2.34. The summed E-state index contributed by atoms with van der Waals surface area (Å²) in [6.07, 6.45) is 4.41. The summed E-state index contributed by atoms with van der Waals surface area (Å²) in [5.74, 6) is -0.0107. The number of carbonyl (C=O) groups excluding carboxylic acids is 1. The minimum absolute atomic E-state index is 0.0107. The van der Waals surface area contributed by atoms with Gasteiger partial charge < -0.3 is 4.90 Å². The van der Waals surface area contributed by atoms with E-state index >= 15 is 0 Å².